The third-order valence-electron chi connectivity index (χ3n) is 6.30. The fraction of sp³-hybridized carbons (Fsp3) is 0.0741. The van der Waals surface area contributed by atoms with Gasteiger partial charge in [-0.15, -0.1) is 0 Å². The second-order valence-corrected chi connectivity index (χ2v) is 7.73. The van der Waals surface area contributed by atoms with Crippen molar-refractivity contribution in [1.29, 1.82) is 0 Å². The van der Waals surface area contributed by atoms with Crippen molar-refractivity contribution in [3.05, 3.63) is 126 Å². The SMILES string of the molecule is Cn1ccc2ncc3c(c21)C(c1ccccc1)(c1ccccc1)c1ccccc1-3. The highest BCUT2D eigenvalue weighted by molar-refractivity contribution is 5.96. The maximum Gasteiger partial charge on any atom is 0.0884 e. The van der Waals surface area contributed by atoms with E-state index in [1.54, 1.807) is 0 Å². The van der Waals surface area contributed by atoms with Crippen molar-refractivity contribution in [2.75, 3.05) is 0 Å². The topological polar surface area (TPSA) is 17.8 Å². The van der Waals surface area contributed by atoms with E-state index in [9.17, 15) is 0 Å². The van der Waals surface area contributed by atoms with Gasteiger partial charge >= 0.3 is 0 Å². The summed E-state index contributed by atoms with van der Waals surface area (Å²) in [5.41, 5.74) is 9.57. The number of pyridine rings is 1. The Morgan fingerprint density at radius 1 is 0.690 bits per heavy atom. The van der Waals surface area contributed by atoms with Gasteiger partial charge in [0.15, 0.2) is 0 Å². The van der Waals surface area contributed by atoms with Gasteiger partial charge in [0, 0.05) is 30.6 Å². The van der Waals surface area contributed by atoms with E-state index in [1.165, 1.54) is 38.9 Å². The summed E-state index contributed by atoms with van der Waals surface area (Å²) < 4.78 is 2.22. The molecule has 1 aliphatic carbocycles. The van der Waals surface area contributed by atoms with Crippen LogP contribution < -0.4 is 0 Å². The molecule has 0 saturated heterocycles. The molecule has 0 atom stereocenters. The van der Waals surface area contributed by atoms with Crippen LogP contribution in [0.2, 0.25) is 0 Å². The van der Waals surface area contributed by atoms with E-state index in [4.69, 9.17) is 4.98 Å². The number of hydrogen-bond donors (Lipinski definition) is 0. The summed E-state index contributed by atoms with van der Waals surface area (Å²) in [5, 5.41) is 0. The van der Waals surface area contributed by atoms with E-state index in [2.05, 4.69) is 115 Å². The third-order valence-corrected chi connectivity index (χ3v) is 6.30. The average Bonchev–Trinajstić information content (AvgIpc) is 3.31. The smallest absolute Gasteiger partial charge is 0.0884 e. The minimum atomic E-state index is -0.373. The van der Waals surface area contributed by atoms with Crippen LogP contribution in [0.5, 0.6) is 0 Å². The minimum Gasteiger partial charge on any atom is -0.349 e. The molecule has 6 rings (SSSR count). The van der Waals surface area contributed by atoms with Crippen molar-refractivity contribution >= 4 is 11.0 Å². The van der Waals surface area contributed by atoms with Crippen LogP contribution in [0, 0.1) is 0 Å². The molecule has 3 aromatic carbocycles. The molecule has 0 fully saturated rings. The first-order valence-electron chi connectivity index (χ1n) is 9.97. The van der Waals surface area contributed by atoms with Gasteiger partial charge in [-0.3, -0.25) is 4.98 Å². The van der Waals surface area contributed by atoms with Gasteiger partial charge in [0.1, 0.15) is 0 Å². The zero-order valence-electron chi connectivity index (χ0n) is 16.2. The van der Waals surface area contributed by atoms with E-state index in [0.29, 0.717) is 0 Å². The van der Waals surface area contributed by atoms with Crippen LogP contribution in [-0.2, 0) is 12.5 Å². The zero-order chi connectivity index (χ0) is 19.4. The number of benzene rings is 3. The summed E-state index contributed by atoms with van der Waals surface area (Å²) in [7, 11) is 2.12. The Bertz CT molecular complexity index is 1310. The largest absolute Gasteiger partial charge is 0.349 e. The molecule has 5 aromatic rings. The van der Waals surface area contributed by atoms with Gasteiger partial charge in [-0.2, -0.15) is 0 Å². The number of aryl methyl sites for hydroxylation is 1. The first-order chi connectivity index (χ1) is 14.3. The van der Waals surface area contributed by atoms with Crippen LogP contribution in [-0.4, -0.2) is 9.55 Å². The standard InChI is InChI=1S/C27H20N2/c1-29-17-16-24-26(29)25-22(18-28-24)21-14-8-9-15-23(21)27(25,19-10-4-2-5-11-19)20-12-6-3-7-13-20/h2-18H,1H3. The molecule has 2 heterocycles. The van der Waals surface area contributed by atoms with Crippen molar-refractivity contribution in [3.8, 4) is 11.1 Å². The molecular weight excluding hydrogens is 352 g/mol. The molecule has 0 bridgehead atoms. The lowest BCUT2D eigenvalue weighted by Gasteiger charge is -2.34. The minimum absolute atomic E-state index is 0.373. The molecule has 2 aromatic heterocycles. The van der Waals surface area contributed by atoms with Gasteiger partial charge in [0.05, 0.1) is 16.4 Å². The van der Waals surface area contributed by atoms with E-state index in [-0.39, 0.29) is 5.41 Å². The lowest BCUT2D eigenvalue weighted by atomic mass is 9.67. The highest BCUT2D eigenvalue weighted by Gasteiger charge is 2.47. The highest BCUT2D eigenvalue weighted by atomic mass is 14.9. The first kappa shape index (κ1) is 16.3. The van der Waals surface area contributed by atoms with Crippen LogP contribution in [0.15, 0.2) is 103 Å². The summed E-state index contributed by atoms with van der Waals surface area (Å²) >= 11 is 0. The maximum atomic E-state index is 4.80. The van der Waals surface area contributed by atoms with Crippen molar-refractivity contribution < 1.29 is 0 Å². The van der Waals surface area contributed by atoms with E-state index in [1.807, 2.05) is 0 Å². The molecule has 138 valence electrons. The normalized spacial score (nSPS) is 14.0. The highest BCUT2D eigenvalue weighted by Crippen LogP contribution is 2.57. The van der Waals surface area contributed by atoms with Crippen LogP contribution in [0.1, 0.15) is 22.3 Å². The predicted molar refractivity (Wildman–Crippen MR) is 118 cm³/mol. The van der Waals surface area contributed by atoms with Gasteiger partial charge in [0.2, 0.25) is 0 Å². The van der Waals surface area contributed by atoms with Gasteiger partial charge in [0.25, 0.3) is 0 Å². The Hall–Kier alpha value is -3.65. The predicted octanol–water partition coefficient (Wildman–Crippen LogP) is 5.94. The fourth-order valence-electron chi connectivity index (χ4n) is 5.16. The lowest BCUT2D eigenvalue weighted by Crippen LogP contribution is -2.29. The number of aromatic nitrogens is 2. The van der Waals surface area contributed by atoms with Crippen LogP contribution in [0.25, 0.3) is 22.2 Å². The van der Waals surface area contributed by atoms with Crippen molar-refractivity contribution in [1.82, 2.24) is 9.55 Å². The van der Waals surface area contributed by atoms with Gasteiger partial charge in [-0.25, -0.2) is 0 Å². The van der Waals surface area contributed by atoms with Crippen molar-refractivity contribution in [2.45, 2.75) is 5.41 Å². The Kier molecular flexibility index (Phi) is 3.33. The summed E-state index contributed by atoms with van der Waals surface area (Å²) in [6.45, 7) is 0. The molecule has 2 heteroatoms. The monoisotopic (exact) mass is 372 g/mol. The number of rotatable bonds is 2. The Balaban J connectivity index is 1.90. The molecule has 0 N–H and O–H groups in total. The quantitative estimate of drug-likeness (QED) is 0.368. The Morgan fingerprint density at radius 3 is 2.00 bits per heavy atom. The number of hydrogen-bond acceptors (Lipinski definition) is 1. The average molecular weight is 372 g/mol. The van der Waals surface area contributed by atoms with Crippen LogP contribution in [0.3, 0.4) is 0 Å². The van der Waals surface area contributed by atoms with E-state index < -0.39 is 0 Å². The third kappa shape index (κ3) is 2.03. The maximum absolute atomic E-state index is 4.80. The fourth-order valence-corrected chi connectivity index (χ4v) is 5.16. The molecule has 0 spiro atoms. The van der Waals surface area contributed by atoms with Crippen molar-refractivity contribution in [3.63, 3.8) is 0 Å². The Labute approximate surface area is 170 Å². The van der Waals surface area contributed by atoms with Gasteiger partial charge < -0.3 is 4.57 Å². The number of nitrogens with zero attached hydrogens (tertiary/aromatic N) is 2. The zero-order valence-corrected chi connectivity index (χ0v) is 16.2. The molecule has 0 radical (unpaired) electrons. The van der Waals surface area contributed by atoms with Crippen LogP contribution in [0.4, 0.5) is 0 Å². The summed E-state index contributed by atoms with van der Waals surface area (Å²) in [6.07, 6.45) is 4.17. The summed E-state index contributed by atoms with van der Waals surface area (Å²) in [5.74, 6) is 0. The summed E-state index contributed by atoms with van der Waals surface area (Å²) in [4.78, 5) is 4.80. The van der Waals surface area contributed by atoms with E-state index in [0.717, 1.165) is 5.52 Å². The first-order valence-corrected chi connectivity index (χ1v) is 9.97. The summed E-state index contributed by atoms with van der Waals surface area (Å²) in [6, 6.07) is 32.7. The second kappa shape index (κ2) is 5.92. The van der Waals surface area contributed by atoms with Gasteiger partial charge in [-0.1, -0.05) is 84.9 Å². The molecule has 0 amide bonds. The lowest BCUT2D eigenvalue weighted by molar-refractivity contribution is 0.766. The van der Waals surface area contributed by atoms with Gasteiger partial charge in [-0.05, 0) is 28.3 Å². The van der Waals surface area contributed by atoms with Crippen molar-refractivity contribution in [2.24, 2.45) is 7.05 Å². The molecule has 0 aliphatic heterocycles. The molecule has 0 saturated carbocycles. The van der Waals surface area contributed by atoms with E-state index >= 15 is 0 Å². The molecule has 0 unspecified atom stereocenters. The molecule has 2 nitrogen and oxygen atoms in total. The molecular formula is C27H20N2. The molecule has 29 heavy (non-hydrogen) atoms. The second-order valence-electron chi connectivity index (χ2n) is 7.73. The van der Waals surface area contributed by atoms with Crippen LogP contribution >= 0.6 is 0 Å². The number of fused-ring (bicyclic) bond motifs is 5. The molecule has 1 aliphatic rings. The Morgan fingerprint density at radius 2 is 1.31 bits per heavy atom.